The number of oxime groups is 1. The van der Waals surface area contributed by atoms with Crippen molar-refractivity contribution in [3.05, 3.63) is 52.8 Å². The van der Waals surface area contributed by atoms with Crippen molar-refractivity contribution in [2.45, 2.75) is 46.1 Å². The first-order valence-electron chi connectivity index (χ1n) is 9.82. The van der Waals surface area contributed by atoms with Crippen LogP contribution >= 0.6 is 0 Å². The molecule has 4 rings (SSSR count). The van der Waals surface area contributed by atoms with Crippen LogP contribution in [0.5, 0.6) is 0 Å². The maximum absolute atomic E-state index is 13.2. The molecule has 0 spiro atoms. The molecule has 2 aromatic rings. The fraction of sp³-hybridized carbons (Fsp3) is 0.500. The molecule has 1 aromatic heterocycles. The molecule has 2 aliphatic rings. The molecule has 6 heteroatoms. The number of rotatable bonds is 3. The van der Waals surface area contributed by atoms with Crippen molar-refractivity contribution in [2.24, 2.45) is 17.6 Å². The third kappa shape index (κ3) is 3.32. The van der Waals surface area contributed by atoms with E-state index in [1.54, 1.807) is 0 Å². The van der Waals surface area contributed by atoms with Gasteiger partial charge in [0.05, 0.1) is 11.9 Å². The van der Waals surface area contributed by atoms with Gasteiger partial charge in [0.2, 0.25) is 6.10 Å². The van der Waals surface area contributed by atoms with Gasteiger partial charge in [-0.05, 0) is 36.5 Å². The van der Waals surface area contributed by atoms with Crippen LogP contribution in [-0.4, -0.2) is 45.5 Å². The molecule has 2 unspecified atom stereocenters. The highest BCUT2D eigenvalue weighted by atomic mass is 16.6. The van der Waals surface area contributed by atoms with Crippen LogP contribution in [0.15, 0.2) is 35.7 Å². The first kappa shape index (κ1) is 18.7. The van der Waals surface area contributed by atoms with Gasteiger partial charge in [0.15, 0.2) is 0 Å². The Balaban J connectivity index is 1.47. The standard InChI is InChI=1S/C22H28N4O2/c1-14-6-7-15(2)17(8-14)19-9-20(28-24-19)21(27)26-12-18(22(3,4)13-26)16-10-23-25(5)11-16/h6-8,10-11,18,20H,9,12-13H2,1-5H3. The molecule has 1 aromatic carbocycles. The molecule has 0 radical (unpaired) electrons. The fourth-order valence-electron chi connectivity index (χ4n) is 4.40. The summed E-state index contributed by atoms with van der Waals surface area (Å²) in [5.41, 5.74) is 5.45. The van der Waals surface area contributed by atoms with Gasteiger partial charge in [0.25, 0.3) is 5.91 Å². The van der Waals surface area contributed by atoms with Gasteiger partial charge in [0.1, 0.15) is 0 Å². The first-order chi connectivity index (χ1) is 13.2. The van der Waals surface area contributed by atoms with E-state index in [0.717, 1.165) is 16.8 Å². The highest BCUT2D eigenvalue weighted by Gasteiger charge is 2.45. The maximum Gasteiger partial charge on any atom is 0.266 e. The second kappa shape index (κ2) is 6.76. The van der Waals surface area contributed by atoms with E-state index >= 15 is 0 Å². The summed E-state index contributed by atoms with van der Waals surface area (Å²) in [4.78, 5) is 20.7. The molecule has 1 fully saturated rings. The Morgan fingerprint density at radius 1 is 1.29 bits per heavy atom. The van der Waals surface area contributed by atoms with E-state index in [4.69, 9.17) is 4.84 Å². The predicted molar refractivity (Wildman–Crippen MR) is 108 cm³/mol. The average molecular weight is 380 g/mol. The Bertz CT molecular complexity index is 944. The number of hydrogen-bond acceptors (Lipinski definition) is 4. The highest BCUT2D eigenvalue weighted by molar-refractivity contribution is 6.05. The van der Waals surface area contributed by atoms with Crippen LogP contribution in [0.3, 0.4) is 0 Å². The SMILES string of the molecule is Cc1ccc(C)c(C2=NOC(C(=O)N3CC(c4cnn(C)c4)C(C)(C)C3)C2)c1. The Morgan fingerprint density at radius 2 is 2.07 bits per heavy atom. The molecule has 1 amide bonds. The lowest BCUT2D eigenvalue weighted by Gasteiger charge is -2.24. The largest absolute Gasteiger partial charge is 0.382 e. The molecule has 148 valence electrons. The van der Waals surface area contributed by atoms with Crippen molar-refractivity contribution in [3.8, 4) is 0 Å². The molecular weight excluding hydrogens is 352 g/mol. The van der Waals surface area contributed by atoms with Crippen molar-refractivity contribution < 1.29 is 9.63 Å². The average Bonchev–Trinajstić information content (AvgIpc) is 3.35. The van der Waals surface area contributed by atoms with E-state index in [0.29, 0.717) is 19.5 Å². The van der Waals surface area contributed by atoms with Crippen LogP contribution in [0, 0.1) is 19.3 Å². The van der Waals surface area contributed by atoms with E-state index in [1.165, 1.54) is 11.1 Å². The summed E-state index contributed by atoms with van der Waals surface area (Å²) in [7, 11) is 1.92. The number of benzene rings is 1. The first-order valence-corrected chi connectivity index (χ1v) is 9.82. The van der Waals surface area contributed by atoms with Gasteiger partial charge in [-0.1, -0.05) is 36.7 Å². The number of nitrogens with zero attached hydrogens (tertiary/aromatic N) is 4. The Morgan fingerprint density at radius 3 is 2.79 bits per heavy atom. The fourth-order valence-corrected chi connectivity index (χ4v) is 4.40. The van der Waals surface area contributed by atoms with Crippen molar-refractivity contribution in [1.82, 2.24) is 14.7 Å². The summed E-state index contributed by atoms with van der Waals surface area (Å²) < 4.78 is 1.82. The van der Waals surface area contributed by atoms with E-state index < -0.39 is 6.10 Å². The van der Waals surface area contributed by atoms with Crippen LogP contribution in [0.4, 0.5) is 0 Å². The quantitative estimate of drug-likeness (QED) is 0.822. The molecular formula is C22H28N4O2. The van der Waals surface area contributed by atoms with Gasteiger partial charge in [-0.2, -0.15) is 5.10 Å². The molecule has 2 aliphatic heterocycles. The van der Waals surface area contributed by atoms with Crippen LogP contribution in [-0.2, 0) is 16.7 Å². The predicted octanol–water partition coefficient (Wildman–Crippen LogP) is 3.18. The van der Waals surface area contributed by atoms with Gasteiger partial charge in [0, 0.05) is 44.2 Å². The molecule has 3 heterocycles. The normalized spacial score (nSPS) is 23.6. The molecule has 28 heavy (non-hydrogen) atoms. The van der Waals surface area contributed by atoms with Gasteiger partial charge in [-0.15, -0.1) is 0 Å². The maximum atomic E-state index is 13.2. The number of amides is 1. The Kier molecular flexibility index (Phi) is 4.52. The zero-order valence-corrected chi connectivity index (χ0v) is 17.3. The topological polar surface area (TPSA) is 59.7 Å². The smallest absolute Gasteiger partial charge is 0.266 e. The van der Waals surface area contributed by atoms with E-state index in [9.17, 15) is 4.79 Å². The van der Waals surface area contributed by atoms with Crippen molar-refractivity contribution in [2.75, 3.05) is 13.1 Å². The molecule has 1 saturated heterocycles. The second-order valence-corrected chi connectivity index (χ2v) is 8.86. The van der Waals surface area contributed by atoms with Crippen LogP contribution < -0.4 is 0 Å². The zero-order valence-electron chi connectivity index (χ0n) is 17.3. The van der Waals surface area contributed by atoms with Gasteiger partial charge in [-0.25, -0.2) is 0 Å². The highest BCUT2D eigenvalue weighted by Crippen LogP contribution is 2.42. The van der Waals surface area contributed by atoms with E-state index in [1.807, 2.05) is 29.0 Å². The summed E-state index contributed by atoms with van der Waals surface area (Å²) >= 11 is 0. The van der Waals surface area contributed by atoms with Gasteiger partial charge in [-0.3, -0.25) is 9.48 Å². The number of hydrogen-bond donors (Lipinski definition) is 0. The molecule has 0 saturated carbocycles. The number of carbonyl (C=O) groups is 1. The minimum Gasteiger partial charge on any atom is -0.382 e. The lowest BCUT2D eigenvalue weighted by Crippen LogP contribution is -2.38. The van der Waals surface area contributed by atoms with E-state index in [2.05, 4.69) is 56.1 Å². The second-order valence-electron chi connectivity index (χ2n) is 8.86. The Labute approximate surface area is 166 Å². The number of aromatic nitrogens is 2. The third-order valence-electron chi connectivity index (χ3n) is 6.03. The Hall–Kier alpha value is -2.63. The summed E-state index contributed by atoms with van der Waals surface area (Å²) in [6, 6.07) is 6.29. The van der Waals surface area contributed by atoms with E-state index in [-0.39, 0.29) is 17.2 Å². The van der Waals surface area contributed by atoms with Crippen LogP contribution in [0.25, 0.3) is 0 Å². The molecule has 0 N–H and O–H groups in total. The van der Waals surface area contributed by atoms with Crippen LogP contribution in [0.1, 0.15) is 48.4 Å². The molecule has 2 atom stereocenters. The summed E-state index contributed by atoms with van der Waals surface area (Å²) in [6.45, 7) is 9.96. The minimum absolute atomic E-state index is 0.00584. The lowest BCUT2D eigenvalue weighted by molar-refractivity contribution is -0.141. The van der Waals surface area contributed by atoms with Gasteiger partial charge < -0.3 is 9.74 Å². The molecule has 0 aliphatic carbocycles. The monoisotopic (exact) mass is 380 g/mol. The van der Waals surface area contributed by atoms with Crippen molar-refractivity contribution >= 4 is 11.6 Å². The zero-order chi connectivity index (χ0) is 20.1. The number of likely N-dealkylation sites (tertiary alicyclic amines) is 1. The van der Waals surface area contributed by atoms with Crippen LogP contribution in [0.2, 0.25) is 0 Å². The molecule has 0 bridgehead atoms. The summed E-state index contributed by atoms with van der Waals surface area (Å²) in [5, 5.41) is 8.56. The lowest BCUT2D eigenvalue weighted by atomic mass is 9.79. The number of aryl methyl sites for hydroxylation is 3. The van der Waals surface area contributed by atoms with Gasteiger partial charge >= 0.3 is 0 Å². The summed E-state index contributed by atoms with van der Waals surface area (Å²) in [6.07, 6.45) is 3.96. The number of carbonyl (C=O) groups excluding carboxylic acids is 1. The molecule has 6 nitrogen and oxygen atoms in total. The third-order valence-corrected chi connectivity index (χ3v) is 6.03. The minimum atomic E-state index is -0.529. The van der Waals surface area contributed by atoms with Crippen molar-refractivity contribution in [1.29, 1.82) is 0 Å². The summed E-state index contributed by atoms with van der Waals surface area (Å²) in [5.74, 6) is 0.300. The van der Waals surface area contributed by atoms with Crippen molar-refractivity contribution in [3.63, 3.8) is 0 Å².